The Balaban J connectivity index is 2.06. The van der Waals surface area contributed by atoms with E-state index in [0.29, 0.717) is 5.69 Å². The lowest BCUT2D eigenvalue weighted by molar-refractivity contribution is -0.156. The van der Waals surface area contributed by atoms with Crippen LogP contribution in [0.25, 0.3) is 0 Å². The third-order valence-corrected chi connectivity index (χ3v) is 4.72. The minimum Gasteiger partial charge on any atom is -0.451 e. The Morgan fingerprint density at radius 1 is 0.933 bits per heavy atom. The molecule has 2 atom stereocenters. The molecule has 2 amide bonds. The van der Waals surface area contributed by atoms with Gasteiger partial charge in [0.15, 0.2) is 6.10 Å². The molecule has 2 rings (SSSR count). The van der Waals surface area contributed by atoms with E-state index in [2.05, 4.69) is 10.6 Å². The van der Waals surface area contributed by atoms with E-state index in [1.165, 1.54) is 25.1 Å². The van der Waals surface area contributed by atoms with Crippen molar-refractivity contribution in [2.45, 2.75) is 46.8 Å². The van der Waals surface area contributed by atoms with Gasteiger partial charge in [-0.1, -0.05) is 44.2 Å². The SMILES string of the molecule is Cc1cccc(C)c1NC(=O)[C@@H](C)OC(=O)[C@@H](NC(=O)c1ccccc1F)C(C)C. The largest absolute Gasteiger partial charge is 0.451 e. The van der Waals surface area contributed by atoms with Crippen LogP contribution in [0.1, 0.15) is 42.3 Å². The number of aryl methyl sites for hydroxylation is 2. The highest BCUT2D eigenvalue weighted by Gasteiger charge is 2.30. The van der Waals surface area contributed by atoms with Gasteiger partial charge in [-0.05, 0) is 49.9 Å². The van der Waals surface area contributed by atoms with Crippen LogP contribution in [0.5, 0.6) is 0 Å². The number of carbonyl (C=O) groups excluding carboxylic acids is 3. The van der Waals surface area contributed by atoms with E-state index in [1.54, 1.807) is 13.8 Å². The molecule has 0 saturated heterocycles. The average Bonchev–Trinajstić information content (AvgIpc) is 2.68. The van der Waals surface area contributed by atoms with Gasteiger partial charge in [-0.3, -0.25) is 9.59 Å². The third kappa shape index (κ3) is 5.65. The lowest BCUT2D eigenvalue weighted by Gasteiger charge is -2.23. The minimum atomic E-state index is -1.08. The zero-order valence-electron chi connectivity index (χ0n) is 17.8. The summed E-state index contributed by atoms with van der Waals surface area (Å²) in [6.07, 6.45) is -1.08. The second-order valence-electron chi connectivity index (χ2n) is 7.51. The van der Waals surface area contributed by atoms with E-state index in [1.807, 2.05) is 32.0 Å². The molecule has 160 valence electrons. The average molecular weight is 414 g/mol. The van der Waals surface area contributed by atoms with Crippen molar-refractivity contribution in [3.05, 3.63) is 65.0 Å². The van der Waals surface area contributed by atoms with Gasteiger partial charge < -0.3 is 15.4 Å². The Hall–Kier alpha value is -3.22. The molecular weight excluding hydrogens is 387 g/mol. The van der Waals surface area contributed by atoms with Gasteiger partial charge in [0.25, 0.3) is 11.8 Å². The zero-order chi connectivity index (χ0) is 22.4. The second-order valence-corrected chi connectivity index (χ2v) is 7.51. The molecule has 0 spiro atoms. The van der Waals surface area contributed by atoms with Crippen LogP contribution >= 0.6 is 0 Å². The van der Waals surface area contributed by atoms with Crippen molar-refractivity contribution in [2.75, 3.05) is 5.32 Å². The Kier molecular flexibility index (Phi) is 7.69. The number of hydrogen-bond acceptors (Lipinski definition) is 4. The van der Waals surface area contributed by atoms with Gasteiger partial charge in [-0.25, -0.2) is 9.18 Å². The second kappa shape index (κ2) is 10.0. The molecule has 0 aromatic heterocycles. The maximum absolute atomic E-state index is 13.9. The molecule has 0 saturated carbocycles. The summed E-state index contributed by atoms with van der Waals surface area (Å²) in [4.78, 5) is 37.5. The Labute approximate surface area is 175 Å². The van der Waals surface area contributed by atoms with E-state index in [9.17, 15) is 18.8 Å². The Morgan fingerprint density at radius 2 is 1.53 bits per heavy atom. The van der Waals surface area contributed by atoms with E-state index < -0.39 is 35.7 Å². The van der Waals surface area contributed by atoms with Crippen LogP contribution in [-0.4, -0.2) is 29.9 Å². The first-order chi connectivity index (χ1) is 14.1. The summed E-state index contributed by atoms with van der Waals surface area (Å²) < 4.78 is 19.1. The topological polar surface area (TPSA) is 84.5 Å². The summed E-state index contributed by atoms with van der Waals surface area (Å²) >= 11 is 0. The third-order valence-electron chi connectivity index (χ3n) is 4.72. The van der Waals surface area contributed by atoms with Gasteiger partial charge in [-0.15, -0.1) is 0 Å². The lowest BCUT2D eigenvalue weighted by Crippen LogP contribution is -2.47. The number of amides is 2. The number of rotatable bonds is 7. The van der Waals surface area contributed by atoms with Gasteiger partial charge in [-0.2, -0.15) is 0 Å². The number of hydrogen-bond donors (Lipinski definition) is 2. The van der Waals surface area contributed by atoms with E-state index in [-0.39, 0.29) is 11.5 Å². The smallest absolute Gasteiger partial charge is 0.329 e. The summed E-state index contributed by atoms with van der Waals surface area (Å²) in [6.45, 7) is 8.62. The van der Waals surface area contributed by atoms with Crippen LogP contribution in [0, 0.1) is 25.6 Å². The minimum absolute atomic E-state index is 0.170. The number of ether oxygens (including phenoxy) is 1. The number of halogens is 1. The van der Waals surface area contributed by atoms with E-state index >= 15 is 0 Å². The van der Waals surface area contributed by atoms with Crippen molar-refractivity contribution in [1.29, 1.82) is 0 Å². The highest BCUT2D eigenvalue weighted by atomic mass is 19.1. The molecule has 2 aromatic rings. The van der Waals surface area contributed by atoms with Gasteiger partial charge in [0.1, 0.15) is 11.9 Å². The molecule has 0 heterocycles. The number of para-hydroxylation sites is 1. The number of carbonyl (C=O) groups is 3. The van der Waals surface area contributed by atoms with E-state index in [4.69, 9.17) is 4.74 Å². The van der Waals surface area contributed by atoms with E-state index in [0.717, 1.165) is 17.2 Å². The van der Waals surface area contributed by atoms with Crippen molar-refractivity contribution in [3.8, 4) is 0 Å². The number of benzene rings is 2. The number of esters is 1. The fourth-order valence-electron chi connectivity index (χ4n) is 2.90. The first-order valence-corrected chi connectivity index (χ1v) is 9.74. The van der Waals surface area contributed by atoms with Crippen molar-refractivity contribution in [3.63, 3.8) is 0 Å². The zero-order valence-corrected chi connectivity index (χ0v) is 17.8. The van der Waals surface area contributed by atoms with Gasteiger partial charge in [0.05, 0.1) is 5.56 Å². The monoisotopic (exact) mass is 414 g/mol. The molecule has 0 aliphatic heterocycles. The maximum atomic E-state index is 13.9. The van der Waals surface area contributed by atoms with Gasteiger partial charge >= 0.3 is 5.97 Å². The highest BCUT2D eigenvalue weighted by molar-refractivity contribution is 5.98. The predicted molar refractivity (Wildman–Crippen MR) is 113 cm³/mol. The van der Waals surface area contributed by atoms with Crippen molar-refractivity contribution >= 4 is 23.5 Å². The quantitative estimate of drug-likeness (QED) is 0.676. The molecule has 30 heavy (non-hydrogen) atoms. The normalized spacial score (nSPS) is 12.8. The molecular formula is C23H27FN2O4. The maximum Gasteiger partial charge on any atom is 0.329 e. The fourth-order valence-corrected chi connectivity index (χ4v) is 2.90. The van der Waals surface area contributed by atoms with Crippen molar-refractivity contribution in [2.24, 2.45) is 5.92 Å². The molecule has 7 heteroatoms. The molecule has 0 bridgehead atoms. The molecule has 2 N–H and O–H groups in total. The molecule has 2 aromatic carbocycles. The summed E-state index contributed by atoms with van der Waals surface area (Å²) in [5.41, 5.74) is 2.27. The van der Waals surface area contributed by atoms with Crippen LogP contribution in [0.3, 0.4) is 0 Å². The molecule has 0 aliphatic rings. The van der Waals surface area contributed by atoms with Crippen molar-refractivity contribution < 1.29 is 23.5 Å². The molecule has 6 nitrogen and oxygen atoms in total. The summed E-state index contributed by atoms with van der Waals surface area (Å²) in [7, 11) is 0. The molecule has 0 fully saturated rings. The lowest BCUT2D eigenvalue weighted by atomic mass is 10.0. The first-order valence-electron chi connectivity index (χ1n) is 9.74. The summed E-state index contributed by atoms with van der Waals surface area (Å²) in [5.74, 6) is -2.99. The molecule has 0 aliphatic carbocycles. The van der Waals surface area contributed by atoms with Crippen LogP contribution in [0.2, 0.25) is 0 Å². The van der Waals surface area contributed by atoms with Crippen LogP contribution < -0.4 is 10.6 Å². The van der Waals surface area contributed by atoms with Crippen LogP contribution in [0.4, 0.5) is 10.1 Å². The predicted octanol–water partition coefficient (Wildman–Crippen LogP) is 3.77. The van der Waals surface area contributed by atoms with Crippen molar-refractivity contribution in [1.82, 2.24) is 5.32 Å². The van der Waals surface area contributed by atoms with Gasteiger partial charge in [0.2, 0.25) is 0 Å². The van der Waals surface area contributed by atoms with Crippen LogP contribution in [0.15, 0.2) is 42.5 Å². The standard InChI is InChI=1S/C23H27FN2O4/c1-13(2)19(25-22(28)17-11-6-7-12-18(17)24)23(29)30-16(5)21(27)26-20-14(3)9-8-10-15(20)4/h6-13,16,19H,1-5H3,(H,25,28)(H,26,27)/t16-,19+/m1/s1. The summed E-state index contributed by atoms with van der Waals surface area (Å²) in [6, 6.07) is 10.1. The summed E-state index contributed by atoms with van der Waals surface area (Å²) in [5, 5.41) is 5.27. The fraction of sp³-hybridized carbons (Fsp3) is 0.348. The Morgan fingerprint density at radius 3 is 2.10 bits per heavy atom. The van der Waals surface area contributed by atoms with Gasteiger partial charge in [0, 0.05) is 5.69 Å². The molecule has 0 radical (unpaired) electrons. The Bertz CT molecular complexity index is 922. The number of nitrogens with one attached hydrogen (secondary N) is 2. The number of anilines is 1. The molecule has 0 unspecified atom stereocenters. The highest BCUT2D eigenvalue weighted by Crippen LogP contribution is 2.20. The van der Waals surface area contributed by atoms with Crippen LogP contribution in [-0.2, 0) is 14.3 Å². The first kappa shape index (κ1) is 23.1.